The van der Waals surface area contributed by atoms with Gasteiger partial charge in [-0.15, -0.1) is 0 Å². The van der Waals surface area contributed by atoms with Crippen LogP contribution in [-0.2, 0) is 6.42 Å². The van der Waals surface area contributed by atoms with Crippen molar-refractivity contribution in [3.63, 3.8) is 0 Å². The molecule has 0 saturated heterocycles. The predicted molar refractivity (Wildman–Crippen MR) is 114 cm³/mol. The Morgan fingerprint density at radius 2 is 1.54 bits per heavy atom. The van der Waals surface area contributed by atoms with Gasteiger partial charge in [0.15, 0.2) is 11.6 Å². The minimum Gasteiger partial charge on any atom is -0.491 e. The lowest BCUT2D eigenvalue weighted by atomic mass is 10.0. The molecule has 28 heavy (non-hydrogen) atoms. The molecule has 0 aliphatic rings. The summed E-state index contributed by atoms with van der Waals surface area (Å²) in [6.45, 7) is 4.62. The highest BCUT2D eigenvalue weighted by molar-refractivity contribution is 5.83. The summed E-state index contributed by atoms with van der Waals surface area (Å²) in [6.07, 6.45) is 14.2. The second kappa shape index (κ2) is 12.6. The Labute approximate surface area is 168 Å². The van der Waals surface area contributed by atoms with Crippen LogP contribution in [0.3, 0.4) is 0 Å². The molecule has 0 radical (unpaired) electrons. The lowest BCUT2D eigenvalue weighted by molar-refractivity contribution is 0.302. The highest BCUT2D eigenvalue weighted by Crippen LogP contribution is 2.25. The van der Waals surface area contributed by atoms with Crippen LogP contribution in [0.1, 0.15) is 90.2 Å². The van der Waals surface area contributed by atoms with E-state index in [0.717, 1.165) is 25.7 Å². The van der Waals surface area contributed by atoms with E-state index in [1.54, 1.807) is 18.2 Å². The molecule has 0 bridgehead atoms. The van der Waals surface area contributed by atoms with Crippen molar-refractivity contribution in [3.05, 3.63) is 40.2 Å². The van der Waals surface area contributed by atoms with Crippen LogP contribution < -0.4 is 10.4 Å². The maximum Gasteiger partial charge on any atom is 0.346 e. The van der Waals surface area contributed by atoms with E-state index in [9.17, 15) is 9.18 Å². The molecular formula is C24H35FO3. The van der Waals surface area contributed by atoms with Crippen LogP contribution >= 0.6 is 0 Å². The van der Waals surface area contributed by atoms with Crippen molar-refractivity contribution < 1.29 is 13.5 Å². The first kappa shape index (κ1) is 22.4. The Hall–Kier alpha value is -1.84. The molecule has 0 aliphatic heterocycles. The summed E-state index contributed by atoms with van der Waals surface area (Å²) in [7, 11) is 0. The number of halogens is 1. The molecular weight excluding hydrogens is 355 g/mol. The third kappa shape index (κ3) is 6.96. The van der Waals surface area contributed by atoms with Crippen LogP contribution in [0, 0.1) is 5.82 Å². The largest absolute Gasteiger partial charge is 0.491 e. The van der Waals surface area contributed by atoms with Gasteiger partial charge in [0.25, 0.3) is 0 Å². The van der Waals surface area contributed by atoms with Gasteiger partial charge in [-0.1, -0.05) is 77.7 Å². The van der Waals surface area contributed by atoms with E-state index >= 15 is 0 Å². The topological polar surface area (TPSA) is 39.4 Å². The quantitative estimate of drug-likeness (QED) is 0.321. The average molecular weight is 391 g/mol. The number of fused-ring (bicyclic) bond motifs is 1. The second-order valence-corrected chi connectivity index (χ2v) is 7.62. The minimum atomic E-state index is -0.620. The van der Waals surface area contributed by atoms with Crippen LogP contribution in [0.4, 0.5) is 4.39 Å². The summed E-state index contributed by atoms with van der Waals surface area (Å²) in [5.41, 5.74) is -0.612. The summed E-state index contributed by atoms with van der Waals surface area (Å²) in [4.78, 5) is 12.3. The summed E-state index contributed by atoms with van der Waals surface area (Å²) in [6, 6.07) is 5.12. The normalized spacial score (nSPS) is 11.2. The number of hydrogen-bond donors (Lipinski definition) is 0. The molecule has 2 aromatic rings. The van der Waals surface area contributed by atoms with E-state index in [4.69, 9.17) is 9.15 Å². The monoisotopic (exact) mass is 390 g/mol. The van der Waals surface area contributed by atoms with Gasteiger partial charge in [0.1, 0.15) is 11.1 Å². The lowest BCUT2D eigenvalue weighted by Crippen LogP contribution is -2.06. The summed E-state index contributed by atoms with van der Waals surface area (Å²) in [5.74, 6) is 0.132. The van der Waals surface area contributed by atoms with Crippen LogP contribution in [0.15, 0.2) is 27.4 Å². The fraction of sp³-hybridized carbons (Fsp3) is 0.625. The smallest absolute Gasteiger partial charge is 0.346 e. The Bertz CT molecular complexity index is 766. The van der Waals surface area contributed by atoms with Crippen molar-refractivity contribution >= 4 is 10.8 Å². The van der Waals surface area contributed by atoms with Gasteiger partial charge in [0, 0.05) is 6.42 Å². The molecule has 4 heteroatoms. The third-order valence-electron chi connectivity index (χ3n) is 5.12. The molecule has 1 heterocycles. The molecule has 0 N–H and O–H groups in total. The molecule has 0 spiro atoms. The number of unbranched alkanes of at least 4 members (excludes halogenated alkanes) is 9. The zero-order valence-corrected chi connectivity index (χ0v) is 17.5. The predicted octanol–water partition coefficient (Wildman–Crippen LogP) is 7.18. The van der Waals surface area contributed by atoms with E-state index in [0.29, 0.717) is 17.8 Å². The maximum absolute atomic E-state index is 14.5. The molecule has 156 valence electrons. The van der Waals surface area contributed by atoms with Crippen molar-refractivity contribution in [3.8, 4) is 5.75 Å². The maximum atomic E-state index is 14.5. The number of benzene rings is 1. The molecule has 1 aromatic carbocycles. The standard InChI is InChI=1S/C24H35FO3/c1-3-5-6-7-8-9-10-11-12-13-14-20-18-19-15-16-21(27-17-4-2)23(25)22(19)24(26)28-20/h15-16,18H,3-14,17H2,1-2H3. The van der Waals surface area contributed by atoms with E-state index in [-0.39, 0.29) is 11.1 Å². The SMILES string of the molecule is CCCCCCCCCCCCc1cc2ccc(OCCC)c(F)c2c(=O)o1. The first-order chi connectivity index (χ1) is 13.7. The van der Waals surface area contributed by atoms with Gasteiger partial charge in [-0.05, 0) is 30.4 Å². The summed E-state index contributed by atoms with van der Waals surface area (Å²) >= 11 is 0. The zero-order chi connectivity index (χ0) is 20.2. The van der Waals surface area contributed by atoms with Gasteiger partial charge < -0.3 is 9.15 Å². The number of aryl methyl sites for hydroxylation is 1. The molecule has 2 rings (SSSR count). The molecule has 1 aromatic heterocycles. The van der Waals surface area contributed by atoms with Gasteiger partial charge in [0.05, 0.1) is 6.61 Å². The molecule has 0 atom stereocenters. The zero-order valence-electron chi connectivity index (χ0n) is 17.5. The van der Waals surface area contributed by atoms with Crippen LogP contribution in [0.5, 0.6) is 5.75 Å². The van der Waals surface area contributed by atoms with E-state index in [1.165, 1.54) is 51.4 Å². The number of ether oxygens (including phenoxy) is 1. The first-order valence-corrected chi connectivity index (χ1v) is 11.0. The minimum absolute atomic E-state index is 0.0135. The van der Waals surface area contributed by atoms with Gasteiger partial charge in [-0.2, -0.15) is 0 Å². The molecule has 0 amide bonds. The Morgan fingerprint density at radius 3 is 2.18 bits per heavy atom. The van der Waals surface area contributed by atoms with Crippen LogP contribution in [-0.4, -0.2) is 6.61 Å². The van der Waals surface area contributed by atoms with E-state index in [2.05, 4.69) is 6.92 Å². The first-order valence-electron chi connectivity index (χ1n) is 11.0. The highest BCUT2D eigenvalue weighted by atomic mass is 19.1. The van der Waals surface area contributed by atoms with Gasteiger partial charge in [-0.3, -0.25) is 0 Å². The van der Waals surface area contributed by atoms with Gasteiger partial charge in [0.2, 0.25) is 0 Å². The molecule has 3 nitrogen and oxygen atoms in total. The lowest BCUT2D eigenvalue weighted by Gasteiger charge is -2.08. The number of hydrogen-bond acceptors (Lipinski definition) is 3. The summed E-state index contributed by atoms with van der Waals surface area (Å²) < 4.78 is 25.2. The van der Waals surface area contributed by atoms with Gasteiger partial charge >= 0.3 is 5.63 Å². The van der Waals surface area contributed by atoms with Gasteiger partial charge in [-0.25, -0.2) is 9.18 Å². The molecule has 0 saturated carbocycles. The Morgan fingerprint density at radius 1 is 0.893 bits per heavy atom. The highest BCUT2D eigenvalue weighted by Gasteiger charge is 2.14. The Balaban J connectivity index is 1.80. The number of rotatable bonds is 14. The second-order valence-electron chi connectivity index (χ2n) is 7.62. The van der Waals surface area contributed by atoms with Crippen molar-refractivity contribution in [1.82, 2.24) is 0 Å². The van der Waals surface area contributed by atoms with Crippen LogP contribution in [0.2, 0.25) is 0 Å². The Kier molecular flexibility index (Phi) is 10.1. The molecule has 0 fully saturated rings. The fourth-order valence-electron chi connectivity index (χ4n) is 3.51. The van der Waals surface area contributed by atoms with Crippen molar-refractivity contribution in [2.45, 2.75) is 90.9 Å². The van der Waals surface area contributed by atoms with Crippen molar-refractivity contribution in [2.75, 3.05) is 6.61 Å². The molecule has 0 aliphatic carbocycles. The van der Waals surface area contributed by atoms with E-state index < -0.39 is 11.4 Å². The fourth-order valence-corrected chi connectivity index (χ4v) is 3.51. The van der Waals surface area contributed by atoms with Crippen molar-refractivity contribution in [1.29, 1.82) is 0 Å². The molecule has 0 unspecified atom stereocenters. The van der Waals surface area contributed by atoms with Crippen molar-refractivity contribution in [2.24, 2.45) is 0 Å². The van der Waals surface area contributed by atoms with E-state index in [1.807, 2.05) is 6.92 Å². The summed E-state index contributed by atoms with van der Waals surface area (Å²) in [5, 5.41) is 0.570. The average Bonchev–Trinajstić information content (AvgIpc) is 2.68. The van der Waals surface area contributed by atoms with Crippen LogP contribution in [0.25, 0.3) is 10.8 Å². The third-order valence-corrected chi connectivity index (χ3v) is 5.12.